The van der Waals surface area contributed by atoms with E-state index in [4.69, 9.17) is 0 Å². The third kappa shape index (κ3) is 7.72. The minimum Gasteiger partial charge on any atom is -0.453 e. The van der Waals surface area contributed by atoms with Crippen LogP contribution in [-0.4, -0.2) is 30.2 Å². The van der Waals surface area contributed by atoms with Gasteiger partial charge in [0.2, 0.25) is 0 Å². The zero-order chi connectivity index (χ0) is 9.61. The van der Waals surface area contributed by atoms with Crippen LogP contribution >= 0.6 is 11.8 Å². The molecule has 0 rings (SSSR count). The van der Waals surface area contributed by atoms with Gasteiger partial charge in [-0.05, 0) is 0 Å². The van der Waals surface area contributed by atoms with Crippen LogP contribution < -0.4 is 5.32 Å². The van der Waals surface area contributed by atoms with Crippen molar-refractivity contribution >= 4 is 17.9 Å². The fraction of sp³-hybridized carbons (Fsp3) is 0.875. The maximum atomic E-state index is 10.6. The lowest BCUT2D eigenvalue weighted by atomic mass is 10.3. The molecule has 0 aromatic carbocycles. The van der Waals surface area contributed by atoms with Crippen LogP contribution in [0.25, 0.3) is 0 Å². The number of carbonyl (C=O) groups excluding carboxylic acids is 1. The zero-order valence-electron chi connectivity index (χ0n) is 8.14. The quantitative estimate of drug-likeness (QED) is 0.692. The van der Waals surface area contributed by atoms with Crippen LogP contribution in [0.4, 0.5) is 4.79 Å². The van der Waals surface area contributed by atoms with Crippen LogP contribution in [0.2, 0.25) is 0 Å². The summed E-state index contributed by atoms with van der Waals surface area (Å²) in [6.45, 7) is 7.11. The van der Waals surface area contributed by atoms with Gasteiger partial charge in [-0.25, -0.2) is 4.79 Å². The molecule has 0 radical (unpaired) electrons. The van der Waals surface area contributed by atoms with E-state index in [0.717, 1.165) is 5.75 Å². The summed E-state index contributed by atoms with van der Waals surface area (Å²) in [4.78, 5) is 10.6. The average molecular weight is 191 g/mol. The highest BCUT2D eigenvalue weighted by Crippen LogP contribution is 2.21. The lowest BCUT2D eigenvalue weighted by Gasteiger charge is -2.17. The molecule has 0 unspecified atom stereocenters. The Balaban J connectivity index is 3.28. The van der Waals surface area contributed by atoms with Crippen LogP contribution in [0, 0.1) is 0 Å². The molecule has 0 aliphatic heterocycles. The van der Waals surface area contributed by atoms with Crippen molar-refractivity contribution in [2.75, 3.05) is 19.4 Å². The molecule has 12 heavy (non-hydrogen) atoms. The predicted octanol–water partition coefficient (Wildman–Crippen LogP) is 1.87. The van der Waals surface area contributed by atoms with Crippen LogP contribution in [0.1, 0.15) is 20.8 Å². The fourth-order valence-corrected chi connectivity index (χ4v) is 1.40. The van der Waals surface area contributed by atoms with Crippen LogP contribution in [0.5, 0.6) is 0 Å². The van der Waals surface area contributed by atoms with Crippen molar-refractivity contribution in [2.45, 2.75) is 25.5 Å². The molecule has 0 bridgehead atoms. The molecule has 0 fully saturated rings. The highest BCUT2D eigenvalue weighted by molar-refractivity contribution is 8.00. The minimum absolute atomic E-state index is 0.262. The summed E-state index contributed by atoms with van der Waals surface area (Å²) < 4.78 is 4.68. The summed E-state index contributed by atoms with van der Waals surface area (Å²) in [6.07, 6.45) is -0.357. The molecule has 4 heteroatoms. The molecule has 3 nitrogen and oxygen atoms in total. The maximum Gasteiger partial charge on any atom is 0.406 e. The van der Waals surface area contributed by atoms with E-state index in [1.165, 1.54) is 7.11 Å². The summed E-state index contributed by atoms with van der Waals surface area (Å²) in [5.41, 5.74) is 0. The number of thioether (sulfide) groups is 1. The Hall–Kier alpha value is -0.380. The minimum atomic E-state index is -0.357. The number of carbonyl (C=O) groups is 1. The molecule has 72 valence electrons. The molecule has 0 aromatic heterocycles. The SMILES string of the molecule is COC(=O)NCCSC(C)(C)C. The highest BCUT2D eigenvalue weighted by atomic mass is 32.2. The number of hydrogen-bond donors (Lipinski definition) is 1. The molecule has 1 amide bonds. The normalized spacial score (nSPS) is 11.0. The third-order valence-electron chi connectivity index (χ3n) is 1.09. The molecule has 0 spiro atoms. The molecule has 0 saturated carbocycles. The van der Waals surface area contributed by atoms with Gasteiger partial charge in [-0.1, -0.05) is 20.8 Å². The number of nitrogens with one attached hydrogen (secondary N) is 1. The Labute approximate surface area is 78.2 Å². The van der Waals surface area contributed by atoms with Gasteiger partial charge >= 0.3 is 6.09 Å². The lowest BCUT2D eigenvalue weighted by Crippen LogP contribution is -2.26. The molecular formula is C8H17NO2S. The topological polar surface area (TPSA) is 38.3 Å². The summed E-state index contributed by atoms with van der Waals surface area (Å²) in [7, 11) is 1.37. The average Bonchev–Trinajstić information content (AvgIpc) is 1.96. The van der Waals surface area contributed by atoms with Gasteiger partial charge in [0.1, 0.15) is 0 Å². The maximum absolute atomic E-state index is 10.6. The van der Waals surface area contributed by atoms with Gasteiger partial charge in [-0.15, -0.1) is 0 Å². The number of methoxy groups -OCH3 is 1. The molecular weight excluding hydrogens is 174 g/mol. The largest absolute Gasteiger partial charge is 0.453 e. The Morgan fingerprint density at radius 1 is 1.50 bits per heavy atom. The molecule has 0 atom stereocenters. The van der Waals surface area contributed by atoms with E-state index < -0.39 is 0 Å². The summed E-state index contributed by atoms with van der Waals surface area (Å²) in [5.74, 6) is 0.915. The first-order chi connectivity index (χ1) is 5.45. The first kappa shape index (κ1) is 11.6. The van der Waals surface area contributed by atoms with Crippen molar-refractivity contribution in [3.63, 3.8) is 0 Å². The Bertz CT molecular complexity index is 142. The van der Waals surface area contributed by atoms with Gasteiger partial charge in [-0.2, -0.15) is 11.8 Å². The van der Waals surface area contributed by atoms with E-state index in [9.17, 15) is 4.79 Å². The third-order valence-corrected chi connectivity index (χ3v) is 2.37. The van der Waals surface area contributed by atoms with Crippen molar-refractivity contribution in [1.29, 1.82) is 0 Å². The molecule has 0 heterocycles. The summed E-state index contributed by atoms with van der Waals surface area (Å²) >= 11 is 1.82. The second kappa shape index (κ2) is 5.30. The number of alkyl carbamates (subject to hydrolysis) is 1. The van der Waals surface area contributed by atoms with Crippen molar-refractivity contribution < 1.29 is 9.53 Å². The first-order valence-corrected chi connectivity index (χ1v) is 4.90. The highest BCUT2D eigenvalue weighted by Gasteiger charge is 2.09. The van der Waals surface area contributed by atoms with E-state index in [0.29, 0.717) is 6.54 Å². The van der Waals surface area contributed by atoms with E-state index in [-0.39, 0.29) is 10.8 Å². The number of ether oxygens (including phenoxy) is 1. The standard InChI is InChI=1S/C8H17NO2S/c1-8(2,3)12-6-5-9-7(10)11-4/h5-6H2,1-4H3,(H,9,10). The Morgan fingerprint density at radius 3 is 2.50 bits per heavy atom. The van der Waals surface area contributed by atoms with E-state index in [1.807, 2.05) is 11.8 Å². The first-order valence-electron chi connectivity index (χ1n) is 3.91. The predicted molar refractivity (Wildman–Crippen MR) is 52.6 cm³/mol. The lowest BCUT2D eigenvalue weighted by molar-refractivity contribution is 0.172. The van der Waals surface area contributed by atoms with Crippen LogP contribution in [0.15, 0.2) is 0 Å². The Kier molecular flexibility index (Phi) is 5.13. The molecule has 0 saturated heterocycles. The van der Waals surface area contributed by atoms with Crippen molar-refractivity contribution in [3.05, 3.63) is 0 Å². The second-order valence-corrected chi connectivity index (χ2v) is 5.30. The second-order valence-electron chi connectivity index (χ2n) is 3.38. The monoisotopic (exact) mass is 191 g/mol. The van der Waals surface area contributed by atoms with Gasteiger partial charge in [0.05, 0.1) is 7.11 Å². The van der Waals surface area contributed by atoms with Gasteiger partial charge in [0.25, 0.3) is 0 Å². The van der Waals surface area contributed by atoms with Gasteiger partial charge < -0.3 is 10.1 Å². The van der Waals surface area contributed by atoms with E-state index in [2.05, 4.69) is 30.8 Å². The van der Waals surface area contributed by atoms with Gasteiger partial charge in [0, 0.05) is 17.0 Å². The van der Waals surface area contributed by atoms with Crippen molar-refractivity contribution in [1.82, 2.24) is 5.32 Å². The Morgan fingerprint density at radius 2 is 2.08 bits per heavy atom. The number of amides is 1. The van der Waals surface area contributed by atoms with Crippen LogP contribution in [0.3, 0.4) is 0 Å². The molecule has 0 aliphatic carbocycles. The van der Waals surface area contributed by atoms with Gasteiger partial charge in [-0.3, -0.25) is 0 Å². The number of hydrogen-bond acceptors (Lipinski definition) is 3. The van der Waals surface area contributed by atoms with Gasteiger partial charge in [0.15, 0.2) is 0 Å². The zero-order valence-corrected chi connectivity index (χ0v) is 8.96. The van der Waals surface area contributed by atoms with Crippen LogP contribution in [-0.2, 0) is 4.74 Å². The summed E-state index contributed by atoms with van der Waals surface area (Å²) in [5, 5.41) is 2.62. The van der Waals surface area contributed by atoms with E-state index >= 15 is 0 Å². The van der Waals surface area contributed by atoms with Crippen molar-refractivity contribution in [3.8, 4) is 0 Å². The molecule has 1 N–H and O–H groups in total. The summed E-state index contributed by atoms with van der Waals surface area (Å²) in [6, 6.07) is 0. The van der Waals surface area contributed by atoms with E-state index in [1.54, 1.807) is 0 Å². The van der Waals surface area contributed by atoms with Crippen molar-refractivity contribution in [2.24, 2.45) is 0 Å². The number of rotatable bonds is 3. The smallest absolute Gasteiger partial charge is 0.406 e. The molecule has 0 aliphatic rings. The fourth-order valence-electron chi connectivity index (χ4n) is 0.582. The molecule has 0 aromatic rings.